The molecule has 2 N–H and O–H groups in total. The molecule has 1 rings (SSSR count). The van der Waals surface area contributed by atoms with Gasteiger partial charge in [0.05, 0.1) is 0 Å². The van der Waals surface area contributed by atoms with Crippen molar-refractivity contribution in [2.45, 2.75) is 39.5 Å². The van der Waals surface area contributed by atoms with E-state index in [9.17, 15) is 9.59 Å². The maximum atomic E-state index is 11.7. The molecule has 0 aromatic heterocycles. The first kappa shape index (κ1) is 13.0. The number of rotatable bonds is 5. The van der Waals surface area contributed by atoms with E-state index in [0.717, 1.165) is 12.8 Å². The number of carbonyl (C=O) groups excluding carboxylic acids is 1. The Morgan fingerprint density at radius 2 is 1.88 bits per heavy atom. The Morgan fingerprint density at radius 1 is 1.31 bits per heavy atom. The van der Waals surface area contributed by atoms with Gasteiger partial charge in [-0.3, -0.25) is 9.59 Å². The number of carboxylic acids is 1. The minimum atomic E-state index is -1.03. The molecule has 1 fully saturated rings. The van der Waals surface area contributed by atoms with Gasteiger partial charge in [0.15, 0.2) is 0 Å². The molecule has 0 aromatic carbocycles. The molecular formula is C12H21NO3. The van der Waals surface area contributed by atoms with E-state index in [4.69, 9.17) is 5.11 Å². The van der Waals surface area contributed by atoms with Crippen molar-refractivity contribution in [3.05, 3.63) is 0 Å². The molecule has 1 unspecified atom stereocenters. The van der Waals surface area contributed by atoms with Crippen LogP contribution in [0.5, 0.6) is 0 Å². The summed E-state index contributed by atoms with van der Waals surface area (Å²) in [6, 6.07) is 0. The van der Waals surface area contributed by atoms with Gasteiger partial charge in [-0.05, 0) is 24.7 Å². The van der Waals surface area contributed by atoms with E-state index >= 15 is 0 Å². The lowest BCUT2D eigenvalue weighted by atomic mass is 9.95. The minimum absolute atomic E-state index is 0.166. The van der Waals surface area contributed by atoms with Gasteiger partial charge in [0.1, 0.15) is 5.92 Å². The van der Waals surface area contributed by atoms with E-state index in [1.165, 1.54) is 12.8 Å². The van der Waals surface area contributed by atoms with Crippen LogP contribution in [0.15, 0.2) is 0 Å². The monoisotopic (exact) mass is 227 g/mol. The summed E-state index contributed by atoms with van der Waals surface area (Å²) in [6.07, 6.45) is 4.76. The number of carboxylic acid groups (broad SMARTS) is 1. The van der Waals surface area contributed by atoms with E-state index in [1.54, 1.807) is 13.8 Å². The molecule has 4 nitrogen and oxygen atoms in total. The molecule has 0 aromatic rings. The lowest BCUT2D eigenvalue weighted by Gasteiger charge is -2.17. The topological polar surface area (TPSA) is 66.4 Å². The van der Waals surface area contributed by atoms with Gasteiger partial charge in [-0.1, -0.05) is 26.7 Å². The number of hydrogen-bond acceptors (Lipinski definition) is 2. The maximum absolute atomic E-state index is 11.7. The molecule has 0 aliphatic heterocycles. The van der Waals surface area contributed by atoms with E-state index in [-0.39, 0.29) is 11.8 Å². The molecule has 0 bridgehead atoms. The van der Waals surface area contributed by atoms with Gasteiger partial charge in [-0.15, -0.1) is 0 Å². The Hall–Kier alpha value is -1.06. The first-order chi connectivity index (χ1) is 7.52. The van der Waals surface area contributed by atoms with Gasteiger partial charge < -0.3 is 10.4 Å². The second kappa shape index (κ2) is 5.87. The minimum Gasteiger partial charge on any atom is -0.481 e. The summed E-state index contributed by atoms with van der Waals surface area (Å²) in [5.41, 5.74) is 0. The van der Waals surface area contributed by atoms with Crippen molar-refractivity contribution in [2.75, 3.05) is 6.54 Å². The highest BCUT2D eigenvalue weighted by Gasteiger charge is 2.29. The smallest absolute Gasteiger partial charge is 0.316 e. The molecule has 0 heterocycles. The molecular weight excluding hydrogens is 206 g/mol. The fourth-order valence-corrected chi connectivity index (χ4v) is 2.27. The third-order valence-corrected chi connectivity index (χ3v) is 3.25. The van der Waals surface area contributed by atoms with Crippen molar-refractivity contribution in [1.29, 1.82) is 0 Å². The highest BCUT2D eigenvalue weighted by molar-refractivity contribution is 5.97. The van der Waals surface area contributed by atoms with E-state index < -0.39 is 11.9 Å². The van der Waals surface area contributed by atoms with Crippen molar-refractivity contribution in [2.24, 2.45) is 17.8 Å². The average Bonchev–Trinajstić information content (AvgIpc) is 2.65. The SMILES string of the molecule is CC(C)C(C(=O)O)C(=O)NCC1CCCC1. The van der Waals surface area contributed by atoms with E-state index in [0.29, 0.717) is 12.5 Å². The predicted octanol–water partition coefficient (Wildman–Crippen LogP) is 1.65. The molecule has 16 heavy (non-hydrogen) atoms. The zero-order chi connectivity index (χ0) is 12.1. The summed E-state index contributed by atoms with van der Waals surface area (Å²) in [4.78, 5) is 22.6. The van der Waals surface area contributed by atoms with Crippen molar-refractivity contribution >= 4 is 11.9 Å². The van der Waals surface area contributed by atoms with Crippen molar-refractivity contribution < 1.29 is 14.7 Å². The summed E-state index contributed by atoms with van der Waals surface area (Å²) >= 11 is 0. The van der Waals surface area contributed by atoms with Crippen LogP contribution in [0.4, 0.5) is 0 Å². The highest BCUT2D eigenvalue weighted by Crippen LogP contribution is 2.24. The molecule has 92 valence electrons. The quantitative estimate of drug-likeness (QED) is 0.702. The first-order valence-corrected chi connectivity index (χ1v) is 6.03. The van der Waals surface area contributed by atoms with Crippen LogP contribution in [0, 0.1) is 17.8 Å². The normalized spacial score (nSPS) is 18.7. The third-order valence-electron chi connectivity index (χ3n) is 3.25. The zero-order valence-corrected chi connectivity index (χ0v) is 10.0. The van der Waals surface area contributed by atoms with E-state index in [2.05, 4.69) is 5.32 Å². The standard InChI is InChI=1S/C12H21NO3/c1-8(2)10(12(15)16)11(14)13-7-9-5-3-4-6-9/h8-10H,3-7H2,1-2H3,(H,13,14)(H,15,16). The Morgan fingerprint density at radius 3 is 2.31 bits per heavy atom. The fraction of sp³-hybridized carbons (Fsp3) is 0.833. The van der Waals surface area contributed by atoms with Crippen LogP contribution in [0.2, 0.25) is 0 Å². The number of amides is 1. The molecule has 0 saturated heterocycles. The Balaban J connectivity index is 2.39. The van der Waals surface area contributed by atoms with Crippen LogP contribution in [0.1, 0.15) is 39.5 Å². The molecule has 1 atom stereocenters. The summed E-state index contributed by atoms with van der Waals surface area (Å²) in [5.74, 6) is -1.90. The van der Waals surface area contributed by atoms with Crippen LogP contribution in [0.3, 0.4) is 0 Å². The van der Waals surface area contributed by atoms with Gasteiger partial charge in [-0.25, -0.2) is 0 Å². The van der Waals surface area contributed by atoms with Crippen LogP contribution in [-0.2, 0) is 9.59 Å². The average molecular weight is 227 g/mol. The largest absolute Gasteiger partial charge is 0.481 e. The van der Waals surface area contributed by atoms with Crippen LogP contribution in [-0.4, -0.2) is 23.5 Å². The van der Waals surface area contributed by atoms with Gasteiger partial charge in [0.25, 0.3) is 0 Å². The number of nitrogens with one attached hydrogen (secondary N) is 1. The summed E-state index contributed by atoms with van der Waals surface area (Å²) < 4.78 is 0. The van der Waals surface area contributed by atoms with Crippen LogP contribution < -0.4 is 5.32 Å². The van der Waals surface area contributed by atoms with Crippen LogP contribution in [0.25, 0.3) is 0 Å². The van der Waals surface area contributed by atoms with Gasteiger partial charge in [0.2, 0.25) is 5.91 Å². The Bertz CT molecular complexity index is 257. The van der Waals surface area contributed by atoms with Gasteiger partial charge >= 0.3 is 5.97 Å². The molecule has 1 aliphatic carbocycles. The van der Waals surface area contributed by atoms with Gasteiger partial charge in [-0.2, -0.15) is 0 Å². The highest BCUT2D eigenvalue weighted by atomic mass is 16.4. The molecule has 0 radical (unpaired) electrons. The number of carbonyl (C=O) groups is 2. The number of hydrogen-bond donors (Lipinski definition) is 2. The lowest BCUT2D eigenvalue weighted by molar-refractivity contribution is -0.148. The molecule has 1 saturated carbocycles. The zero-order valence-electron chi connectivity index (χ0n) is 10.0. The summed E-state index contributed by atoms with van der Waals surface area (Å²) in [6.45, 7) is 4.15. The second-order valence-electron chi connectivity index (χ2n) is 4.96. The van der Waals surface area contributed by atoms with Crippen molar-refractivity contribution in [1.82, 2.24) is 5.32 Å². The number of aliphatic carboxylic acids is 1. The molecule has 1 amide bonds. The Labute approximate surface area is 96.4 Å². The summed E-state index contributed by atoms with van der Waals surface area (Å²) in [7, 11) is 0. The first-order valence-electron chi connectivity index (χ1n) is 6.03. The summed E-state index contributed by atoms with van der Waals surface area (Å²) in [5, 5.41) is 11.7. The maximum Gasteiger partial charge on any atom is 0.316 e. The van der Waals surface area contributed by atoms with Crippen LogP contribution >= 0.6 is 0 Å². The lowest BCUT2D eigenvalue weighted by Crippen LogP contribution is -2.40. The predicted molar refractivity (Wildman–Crippen MR) is 60.9 cm³/mol. The fourth-order valence-electron chi connectivity index (χ4n) is 2.27. The molecule has 4 heteroatoms. The van der Waals surface area contributed by atoms with E-state index in [1.807, 2.05) is 0 Å². The molecule has 1 aliphatic rings. The van der Waals surface area contributed by atoms with Gasteiger partial charge in [0, 0.05) is 6.54 Å². The second-order valence-corrected chi connectivity index (χ2v) is 4.96. The van der Waals surface area contributed by atoms with Crippen molar-refractivity contribution in [3.63, 3.8) is 0 Å². The Kier molecular flexibility index (Phi) is 4.77. The van der Waals surface area contributed by atoms with Crippen molar-refractivity contribution in [3.8, 4) is 0 Å². The third kappa shape index (κ3) is 3.51. The molecule has 0 spiro atoms.